The summed E-state index contributed by atoms with van der Waals surface area (Å²) in [6, 6.07) is 8.12. The van der Waals surface area contributed by atoms with Crippen molar-refractivity contribution in [3.05, 3.63) is 34.3 Å². The molecule has 0 aliphatic heterocycles. The molecule has 3 nitrogen and oxygen atoms in total. The summed E-state index contributed by atoms with van der Waals surface area (Å²) in [5.74, 6) is 0.984. The van der Waals surface area contributed by atoms with Gasteiger partial charge in [-0.25, -0.2) is 0 Å². The number of hydrogen-bond acceptors (Lipinski definition) is 2. The van der Waals surface area contributed by atoms with Crippen LogP contribution in [0.15, 0.2) is 28.7 Å². The molecular formula is C12H14BrN3. The predicted octanol–water partition coefficient (Wildman–Crippen LogP) is 3.54. The number of aromatic amines is 1. The van der Waals surface area contributed by atoms with Crippen LogP contribution in [0.4, 0.5) is 5.82 Å². The van der Waals surface area contributed by atoms with Gasteiger partial charge in [0.05, 0.1) is 5.69 Å². The Labute approximate surface area is 103 Å². The van der Waals surface area contributed by atoms with Crippen LogP contribution in [0, 0.1) is 0 Å². The Kier molecular flexibility index (Phi) is 3.01. The number of H-pyrrole nitrogens is 1. The van der Waals surface area contributed by atoms with E-state index >= 15 is 0 Å². The van der Waals surface area contributed by atoms with Crippen LogP contribution in [0.1, 0.15) is 25.3 Å². The zero-order chi connectivity index (χ0) is 11.7. The molecule has 1 aromatic carbocycles. The number of benzene rings is 1. The molecule has 16 heavy (non-hydrogen) atoms. The number of rotatable bonds is 2. The molecule has 0 saturated heterocycles. The average Bonchev–Trinajstić information content (AvgIpc) is 2.64. The van der Waals surface area contributed by atoms with Gasteiger partial charge in [-0.1, -0.05) is 35.8 Å². The van der Waals surface area contributed by atoms with Crippen molar-refractivity contribution in [1.82, 2.24) is 10.2 Å². The van der Waals surface area contributed by atoms with Crippen molar-refractivity contribution >= 4 is 21.7 Å². The van der Waals surface area contributed by atoms with Crippen molar-refractivity contribution in [2.75, 3.05) is 5.73 Å². The number of nitrogens with zero attached hydrogens (tertiary/aromatic N) is 1. The molecule has 2 aromatic rings. The summed E-state index contributed by atoms with van der Waals surface area (Å²) in [6.45, 7) is 4.35. The molecule has 84 valence electrons. The lowest BCUT2D eigenvalue weighted by Crippen LogP contribution is -1.92. The first-order chi connectivity index (χ1) is 7.58. The van der Waals surface area contributed by atoms with E-state index in [1.807, 2.05) is 6.07 Å². The highest BCUT2D eigenvalue weighted by Crippen LogP contribution is 2.31. The van der Waals surface area contributed by atoms with Crippen molar-refractivity contribution in [1.29, 1.82) is 0 Å². The SMILES string of the molecule is CC(C)c1ccc(Br)cc1-c1cc(N)n[nH]1. The molecule has 0 amide bonds. The smallest absolute Gasteiger partial charge is 0.145 e. The maximum absolute atomic E-state index is 5.63. The third kappa shape index (κ3) is 2.11. The standard InChI is InChI=1S/C12H14BrN3/c1-7(2)9-4-3-8(13)5-10(9)11-6-12(14)16-15-11/h3-7H,1-2H3,(H3,14,15,16). The Morgan fingerprint density at radius 2 is 2.06 bits per heavy atom. The quantitative estimate of drug-likeness (QED) is 0.884. The first kappa shape index (κ1) is 11.2. The summed E-state index contributed by atoms with van der Waals surface area (Å²) in [6.07, 6.45) is 0. The van der Waals surface area contributed by atoms with Gasteiger partial charge in [-0.2, -0.15) is 5.10 Å². The van der Waals surface area contributed by atoms with Crippen molar-refractivity contribution in [2.45, 2.75) is 19.8 Å². The van der Waals surface area contributed by atoms with Crippen molar-refractivity contribution in [2.24, 2.45) is 0 Å². The van der Waals surface area contributed by atoms with E-state index in [2.05, 4.69) is 58.2 Å². The molecule has 0 bridgehead atoms. The summed E-state index contributed by atoms with van der Waals surface area (Å²) in [5.41, 5.74) is 9.02. The van der Waals surface area contributed by atoms with E-state index in [0.717, 1.165) is 15.7 Å². The highest BCUT2D eigenvalue weighted by molar-refractivity contribution is 9.10. The number of anilines is 1. The number of nitrogens with two attached hydrogens (primary N) is 1. The van der Waals surface area contributed by atoms with Gasteiger partial charge in [-0.15, -0.1) is 0 Å². The molecule has 4 heteroatoms. The van der Waals surface area contributed by atoms with Crippen LogP contribution in [-0.4, -0.2) is 10.2 Å². The molecule has 0 atom stereocenters. The van der Waals surface area contributed by atoms with E-state index < -0.39 is 0 Å². The molecule has 1 aromatic heterocycles. The minimum atomic E-state index is 0.465. The second-order valence-electron chi connectivity index (χ2n) is 4.09. The molecule has 0 radical (unpaired) electrons. The lowest BCUT2D eigenvalue weighted by atomic mass is 9.95. The Bertz CT molecular complexity index is 503. The maximum Gasteiger partial charge on any atom is 0.145 e. The van der Waals surface area contributed by atoms with Gasteiger partial charge in [-0.3, -0.25) is 5.10 Å². The maximum atomic E-state index is 5.63. The third-order valence-electron chi connectivity index (χ3n) is 2.53. The lowest BCUT2D eigenvalue weighted by Gasteiger charge is -2.11. The molecule has 2 rings (SSSR count). The molecule has 0 saturated carbocycles. The predicted molar refractivity (Wildman–Crippen MR) is 70.2 cm³/mol. The summed E-state index contributed by atoms with van der Waals surface area (Å²) in [5, 5.41) is 6.91. The van der Waals surface area contributed by atoms with Gasteiger partial charge >= 0.3 is 0 Å². The summed E-state index contributed by atoms with van der Waals surface area (Å²) in [4.78, 5) is 0. The van der Waals surface area contributed by atoms with Gasteiger partial charge in [0.1, 0.15) is 5.82 Å². The number of aromatic nitrogens is 2. The molecule has 0 aliphatic rings. The molecule has 0 spiro atoms. The Balaban J connectivity index is 2.57. The normalized spacial score (nSPS) is 11.0. The Morgan fingerprint density at radius 1 is 1.31 bits per heavy atom. The monoisotopic (exact) mass is 279 g/mol. The van der Waals surface area contributed by atoms with Gasteiger partial charge in [0.25, 0.3) is 0 Å². The van der Waals surface area contributed by atoms with Crippen molar-refractivity contribution in [3.63, 3.8) is 0 Å². The number of hydrogen-bond donors (Lipinski definition) is 2. The topological polar surface area (TPSA) is 54.7 Å². The largest absolute Gasteiger partial charge is 0.382 e. The molecule has 1 heterocycles. The van der Waals surface area contributed by atoms with Gasteiger partial charge in [0, 0.05) is 16.1 Å². The van der Waals surface area contributed by atoms with Gasteiger partial charge in [0.2, 0.25) is 0 Å². The van der Waals surface area contributed by atoms with E-state index in [9.17, 15) is 0 Å². The van der Waals surface area contributed by atoms with Crippen LogP contribution in [0.25, 0.3) is 11.3 Å². The summed E-state index contributed by atoms with van der Waals surface area (Å²) in [7, 11) is 0. The van der Waals surface area contributed by atoms with E-state index in [4.69, 9.17) is 5.73 Å². The zero-order valence-electron chi connectivity index (χ0n) is 9.29. The Hall–Kier alpha value is -1.29. The Morgan fingerprint density at radius 3 is 2.62 bits per heavy atom. The van der Waals surface area contributed by atoms with E-state index in [-0.39, 0.29) is 0 Å². The van der Waals surface area contributed by atoms with E-state index in [0.29, 0.717) is 11.7 Å². The number of halogens is 1. The summed E-state index contributed by atoms with van der Waals surface area (Å²) >= 11 is 3.48. The van der Waals surface area contributed by atoms with Gasteiger partial charge in [-0.05, 0) is 23.6 Å². The van der Waals surface area contributed by atoms with Crippen LogP contribution in [-0.2, 0) is 0 Å². The van der Waals surface area contributed by atoms with E-state index in [1.54, 1.807) is 0 Å². The zero-order valence-corrected chi connectivity index (χ0v) is 10.9. The molecular weight excluding hydrogens is 266 g/mol. The average molecular weight is 280 g/mol. The van der Waals surface area contributed by atoms with Crippen LogP contribution in [0.2, 0.25) is 0 Å². The van der Waals surface area contributed by atoms with Gasteiger partial charge < -0.3 is 5.73 Å². The highest BCUT2D eigenvalue weighted by Gasteiger charge is 2.10. The molecule has 0 fully saturated rings. The minimum Gasteiger partial charge on any atom is -0.382 e. The van der Waals surface area contributed by atoms with Crippen molar-refractivity contribution < 1.29 is 0 Å². The fraction of sp³-hybridized carbons (Fsp3) is 0.250. The lowest BCUT2D eigenvalue weighted by molar-refractivity contribution is 0.867. The minimum absolute atomic E-state index is 0.465. The third-order valence-corrected chi connectivity index (χ3v) is 3.02. The second-order valence-corrected chi connectivity index (χ2v) is 5.01. The first-order valence-electron chi connectivity index (χ1n) is 5.18. The fourth-order valence-electron chi connectivity index (χ4n) is 1.74. The van der Waals surface area contributed by atoms with Crippen LogP contribution < -0.4 is 5.73 Å². The number of nitrogen functional groups attached to an aromatic ring is 1. The van der Waals surface area contributed by atoms with Gasteiger partial charge in [0.15, 0.2) is 0 Å². The second kappa shape index (κ2) is 4.29. The van der Waals surface area contributed by atoms with Crippen LogP contribution in [0.3, 0.4) is 0 Å². The molecule has 0 unspecified atom stereocenters. The molecule has 0 aliphatic carbocycles. The van der Waals surface area contributed by atoms with Crippen molar-refractivity contribution in [3.8, 4) is 11.3 Å². The summed E-state index contributed by atoms with van der Waals surface area (Å²) < 4.78 is 1.06. The van der Waals surface area contributed by atoms with E-state index in [1.165, 1.54) is 5.56 Å². The fourth-order valence-corrected chi connectivity index (χ4v) is 2.10. The molecule has 3 N–H and O–H groups in total. The van der Waals surface area contributed by atoms with Crippen LogP contribution in [0.5, 0.6) is 0 Å². The number of nitrogens with one attached hydrogen (secondary N) is 1. The highest BCUT2D eigenvalue weighted by atomic mass is 79.9. The first-order valence-corrected chi connectivity index (χ1v) is 5.98. The van der Waals surface area contributed by atoms with Crippen LogP contribution >= 0.6 is 15.9 Å².